The van der Waals surface area contributed by atoms with Crippen LogP contribution in [0.25, 0.3) is 0 Å². The van der Waals surface area contributed by atoms with Gasteiger partial charge in [-0.3, -0.25) is 9.69 Å². The molecule has 0 saturated carbocycles. The lowest BCUT2D eigenvalue weighted by molar-refractivity contribution is -0.114. The van der Waals surface area contributed by atoms with E-state index in [0.717, 1.165) is 30.1 Å². The molecular weight excluding hydrogens is 322 g/mol. The van der Waals surface area contributed by atoms with Gasteiger partial charge in [0.2, 0.25) is 5.91 Å². The Hall–Kier alpha value is -1.39. The first-order valence-corrected chi connectivity index (χ1v) is 10.3. The van der Waals surface area contributed by atoms with Crippen molar-refractivity contribution in [2.24, 2.45) is 11.8 Å². The van der Waals surface area contributed by atoms with Crippen LogP contribution in [-0.4, -0.2) is 47.9 Å². The minimum atomic E-state index is -0.0131. The summed E-state index contributed by atoms with van der Waals surface area (Å²) in [5, 5.41) is 2.85. The molecule has 0 radical (unpaired) electrons. The molecule has 2 heterocycles. The highest BCUT2D eigenvalue weighted by Crippen LogP contribution is 2.32. The summed E-state index contributed by atoms with van der Waals surface area (Å²) in [6.07, 6.45) is 5.35. The number of carbonyl (C=O) groups excluding carboxylic acids is 1. The van der Waals surface area contributed by atoms with E-state index >= 15 is 0 Å². The van der Waals surface area contributed by atoms with Crippen molar-refractivity contribution in [3.8, 4) is 0 Å². The SMILES string of the molecule is CC(=O)Nc1ccc(CN2CCC[C@@H]3CN(CCC(C)C)CC[C@H]32)cc1. The summed E-state index contributed by atoms with van der Waals surface area (Å²) in [6, 6.07) is 9.10. The van der Waals surface area contributed by atoms with Crippen LogP contribution in [0.3, 0.4) is 0 Å². The second kappa shape index (κ2) is 9.01. The largest absolute Gasteiger partial charge is 0.326 e. The topological polar surface area (TPSA) is 35.6 Å². The molecule has 1 amide bonds. The van der Waals surface area contributed by atoms with Gasteiger partial charge < -0.3 is 10.2 Å². The van der Waals surface area contributed by atoms with Gasteiger partial charge >= 0.3 is 0 Å². The standard InChI is InChI=1S/C22H35N3O/c1-17(2)10-13-24-14-11-22-20(16-24)5-4-12-25(22)15-19-6-8-21(9-7-19)23-18(3)26/h6-9,17,20,22H,4-5,10-16H2,1-3H3,(H,23,26)/t20-,22-/m1/s1. The van der Waals surface area contributed by atoms with Crippen molar-refractivity contribution < 1.29 is 4.79 Å². The van der Waals surface area contributed by atoms with Crippen LogP contribution in [0.15, 0.2) is 24.3 Å². The number of rotatable bonds is 6. The van der Waals surface area contributed by atoms with Gasteiger partial charge in [0.1, 0.15) is 0 Å². The second-order valence-electron chi connectivity index (χ2n) is 8.59. The van der Waals surface area contributed by atoms with Gasteiger partial charge in [0, 0.05) is 31.7 Å². The molecule has 0 bridgehead atoms. The molecule has 144 valence electrons. The zero-order valence-corrected chi connectivity index (χ0v) is 16.7. The van der Waals surface area contributed by atoms with Crippen LogP contribution >= 0.6 is 0 Å². The van der Waals surface area contributed by atoms with Crippen LogP contribution in [0.1, 0.15) is 52.0 Å². The maximum Gasteiger partial charge on any atom is 0.221 e. The van der Waals surface area contributed by atoms with Crippen LogP contribution in [0.4, 0.5) is 5.69 Å². The third-order valence-corrected chi connectivity index (χ3v) is 5.95. The molecule has 0 aliphatic carbocycles. The fourth-order valence-corrected chi connectivity index (χ4v) is 4.55. The number of hydrogen-bond donors (Lipinski definition) is 1. The Morgan fingerprint density at radius 1 is 1.19 bits per heavy atom. The predicted molar refractivity (Wildman–Crippen MR) is 108 cm³/mol. The zero-order chi connectivity index (χ0) is 18.5. The van der Waals surface area contributed by atoms with E-state index in [1.807, 2.05) is 12.1 Å². The van der Waals surface area contributed by atoms with E-state index in [1.165, 1.54) is 57.4 Å². The molecule has 4 heteroatoms. The fraction of sp³-hybridized carbons (Fsp3) is 0.682. The molecule has 0 spiro atoms. The molecule has 2 aliphatic heterocycles. The molecule has 2 fully saturated rings. The van der Waals surface area contributed by atoms with Gasteiger partial charge in [0.05, 0.1) is 0 Å². The number of nitrogens with zero attached hydrogens (tertiary/aromatic N) is 2. The molecule has 26 heavy (non-hydrogen) atoms. The number of benzene rings is 1. The van der Waals surface area contributed by atoms with E-state index < -0.39 is 0 Å². The number of anilines is 1. The molecule has 3 rings (SSSR count). The maximum absolute atomic E-state index is 11.2. The molecule has 4 nitrogen and oxygen atoms in total. The van der Waals surface area contributed by atoms with Gasteiger partial charge in [-0.25, -0.2) is 0 Å². The summed E-state index contributed by atoms with van der Waals surface area (Å²) in [4.78, 5) is 16.6. The molecule has 0 unspecified atom stereocenters. The summed E-state index contributed by atoms with van der Waals surface area (Å²) in [5.41, 5.74) is 2.23. The monoisotopic (exact) mass is 357 g/mol. The normalized spacial score (nSPS) is 24.5. The first-order valence-electron chi connectivity index (χ1n) is 10.3. The number of nitrogens with one attached hydrogen (secondary N) is 1. The zero-order valence-electron chi connectivity index (χ0n) is 16.7. The molecule has 1 aromatic rings. The summed E-state index contributed by atoms with van der Waals surface area (Å²) in [7, 11) is 0. The average molecular weight is 358 g/mol. The lowest BCUT2D eigenvalue weighted by atomic mass is 9.83. The first-order chi connectivity index (χ1) is 12.5. The predicted octanol–water partition coefficient (Wildman–Crippen LogP) is 3.98. The molecule has 2 aliphatic rings. The van der Waals surface area contributed by atoms with Crippen LogP contribution < -0.4 is 5.32 Å². The Morgan fingerprint density at radius 2 is 1.96 bits per heavy atom. The number of piperidine rings is 2. The smallest absolute Gasteiger partial charge is 0.221 e. The van der Waals surface area contributed by atoms with Gasteiger partial charge in [-0.1, -0.05) is 26.0 Å². The van der Waals surface area contributed by atoms with Gasteiger partial charge in [-0.15, -0.1) is 0 Å². The molecule has 1 aromatic carbocycles. The van der Waals surface area contributed by atoms with Crippen LogP contribution in [0.2, 0.25) is 0 Å². The molecular formula is C22H35N3O. The van der Waals surface area contributed by atoms with E-state index in [0.29, 0.717) is 0 Å². The van der Waals surface area contributed by atoms with E-state index in [9.17, 15) is 4.79 Å². The Kier molecular flexibility index (Phi) is 6.71. The van der Waals surface area contributed by atoms with Crippen molar-refractivity contribution in [1.82, 2.24) is 9.80 Å². The highest BCUT2D eigenvalue weighted by Gasteiger charge is 2.35. The Labute approximate surface area is 158 Å². The summed E-state index contributed by atoms with van der Waals surface area (Å²) >= 11 is 0. The second-order valence-corrected chi connectivity index (χ2v) is 8.59. The van der Waals surface area contributed by atoms with E-state index in [4.69, 9.17) is 0 Å². The Balaban J connectivity index is 1.55. The minimum absolute atomic E-state index is 0.0131. The van der Waals surface area contributed by atoms with E-state index in [-0.39, 0.29) is 5.91 Å². The number of carbonyl (C=O) groups is 1. The van der Waals surface area contributed by atoms with Gasteiger partial charge in [0.15, 0.2) is 0 Å². The van der Waals surface area contributed by atoms with E-state index in [1.54, 1.807) is 6.92 Å². The highest BCUT2D eigenvalue weighted by atomic mass is 16.1. The van der Waals surface area contributed by atoms with Gasteiger partial charge in [0.25, 0.3) is 0 Å². The average Bonchev–Trinajstić information content (AvgIpc) is 2.61. The van der Waals surface area contributed by atoms with Gasteiger partial charge in [-0.2, -0.15) is 0 Å². The minimum Gasteiger partial charge on any atom is -0.326 e. The van der Waals surface area contributed by atoms with Crippen LogP contribution in [0.5, 0.6) is 0 Å². The maximum atomic E-state index is 11.2. The van der Waals surface area contributed by atoms with Crippen molar-refractivity contribution in [3.63, 3.8) is 0 Å². The van der Waals surface area contributed by atoms with Crippen LogP contribution in [-0.2, 0) is 11.3 Å². The third kappa shape index (κ3) is 5.31. The summed E-state index contributed by atoms with van der Waals surface area (Å²) < 4.78 is 0. The number of amides is 1. The van der Waals surface area contributed by atoms with Crippen molar-refractivity contribution in [2.45, 2.75) is 59.0 Å². The highest BCUT2D eigenvalue weighted by molar-refractivity contribution is 5.88. The third-order valence-electron chi connectivity index (χ3n) is 5.95. The number of fused-ring (bicyclic) bond motifs is 1. The van der Waals surface area contributed by atoms with Crippen molar-refractivity contribution in [1.29, 1.82) is 0 Å². The lowest BCUT2D eigenvalue weighted by Gasteiger charge is -2.47. The lowest BCUT2D eigenvalue weighted by Crippen LogP contribution is -2.53. The van der Waals surface area contributed by atoms with E-state index in [2.05, 4.69) is 41.1 Å². The van der Waals surface area contributed by atoms with Crippen LogP contribution in [0, 0.1) is 11.8 Å². The quantitative estimate of drug-likeness (QED) is 0.836. The first kappa shape index (κ1) is 19.4. The van der Waals surface area contributed by atoms with Crippen molar-refractivity contribution >= 4 is 11.6 Å². The summed E-state index contributed by atoms with van der Waals surface area (Å²) in [5.74, 6) is 1.63. The summed E-state index contributed by atoms with van der Waals surface area (Å²) in [6.45, 7) is 12.3. The number of hydrogen-bond acceptors (Lipinski definition) is 3. The molecule has 2 atom stereocenters. The molecule has 1 N–H and O–H groups in total. The Morgan fingerprint density at radius 3 is 2.65 bits per heavy atom. The fourth-order valence-electron chi connectivity index (χ4n) is 4.55. The van der Waals surface area contributed by atoms with Crippen molar-refractivity contribution in [3.05, 3.63) is 29.8 Å². The molecule has 2 saturated heterocycles. The number of likely N-dealkylation sites (tertiary alicyclic amines) is 2. The molecule has 0 aromatic heterocycles. The van der Waals surface area contributed by atoms with Crippen molar-refractivity contribution in [2.75, 3.05) is 31.5 Å². The van der Waals surface area contributed by atoms with Gasteiger partial charge in [-0.05, 0) is 74.8 Å². The Bertz CT molecular complexity index is 584.